The van der Waals surface area contributed by atoms with Crippen molar-refractivity contribution in [1.82, 2.24) is 4.90 Å². The molecular weight excluding hydrogens is 382 g/mol. The van der Waals surface area contributed by atoms with E-state index in [1.807, 2.05) is 6.07 Å². The van der Waals surface area contributed by atoms with E-state index in [1.54, 1.807) is 72.8 Å². The fourth-order valence-electron chi connectivity index (χ4n) is 3.52. The van der Waals surface area contributed by atoms with Gasteiger partial charge in [-0.05, 0) is 42.0 Å². The van der Waals surface area contributed by atoms with Crippen LogP contribution in [0, 0.1) is 0 Å². The van der Waals surface area contributed by atoms with Crippen molar-refractivity contribution in [3.63, 3.8) is 0 Å². The predicted molar refractivity (Wildman–Crippen MR) is 109 cm³/mol. The summed E-state index contributed by atoms with van der Waals surface area (Å²) >= 11 is 0. The fourth-order valence-corrected chi connectivity index (χ4v) is 3.52. The number of fused-ring (bicyclic) bond motifs is 1. The number of benzene rings is 3. The van der Waals surface area contributed by atoms with Crippen molar-refractivity contribution in [2.75, 3.05) is 7.11 Å². The minimum absolute atomic E-state index is 0.187. The second kappa shape index (κ2) is 8.21. The molecule has 2 amide bonds. The largest absolute Gasteiger partial charge is 0.497 e. The summed E-state index contributed by atoms with van der Waals surface area (Å²) in [6, 6.07) is 21.4. The molecule has 1 atom stereocenters. The van der Waals surface area contributed by atoms with E-state index in [4.69, 9.17) is 9.47 Å². The van der Waals surface area contributed by atoms with Gasteiger partial charge >= 0.3 is 5.97 Å². The van der Waals surface area contributed by atoms with Crippen molar-refractivity contribution in [1.29, 1.82) is 0 Å². The second-order valence-corrected chi connectivity index (χ2v) is 6.81. The van der Waals surface area contributed by atoms with E-state index in [0.29, 0.717) is 28.2 Å². The maximum absolute atomic E-state index is 13.0. The van der Waals surface area contributed by atoms with Gasteiger partial charge in [-0.25, -0.2) is 0 Å². The number of nitrogens with zero attached hydrogens (tertiary/aromatic N) is 1. The van der Waals surface area contributed by atoms with Crippen LogP contribution in [-0.2, 0) is 4.79 Å². The number of amides is 2. The van der Waals surface area contributed by atoms with E-state index >= 15 is 0 Å². The molecule has 0 N–H and O–H groups in total. The molecule has 0 spiro atoms. The summed E-state index contributed by atoms with van der Waals surface area (Å²) in [4.78, 5) is 39.9. The Morgan fingerprint density at radius 2 is 1.43 bits per heavy atom. The lowest BCUT2D eigenvalue weighted by Gasteiger charge is -2.26. The molecule has 0 saturated heterocycles. The van der Waals surface area contributed by atoms with Crippen LogP contribution in [0.5, 0.6) is 11.5 Å². The normalized spacial score (nSPS) is 13.7. The van der Waals surface area contributed by atoms with Crippen LogP contribution in [0.2, 0.25) is 0 Å². The van der Waals surface area contributed by atoms with E-state index < -0.39 is 23.8 Å². The molecule has 0 fully saturated rings. The van der Waals surface area contributed by atoms with Crippen molar-refractivity contribution in [2.24, 2.45) is 0 Å². The van der Waals surface area contributed by atoms with Gasteiger partial charge in [-0.1, -0.05) is 42.5 Å². The average molecular weight is 401 g/mol. The van der Waals surface area contributed by atoms with Crippen molar-refractivity contribution >= 4 is 17.8 Å². The van der Waals surface area contributed by atoms with Crippen molar-refractivity contribution in [3.8, 4) is 11.5 Å². The minimum atomic E-state index is -0.830. The highest BCUT2D eigenvalue weighted by Gasteiger charge is 2.41. The summed E-state index contributed by atoms with van der Waals surface area (Å²) in [7, 11) is 1.53. The van der Waals surface area contributed by atoms with Gasteiger partial charge in [-0.15, -0.1) is 0 Å². The number of rotatable bonds is 6. The first-order chi connectivity index (χ1) is 14.6. The first-order valence-corrected chi connectivity index (χ1v) is 9.45. The van der Waals surface area contributed by atoms with E-state index in [-0.39, 0.29) is 6.42 Å². The van der Waals surface area contributed by atoms with Gasteiger partial charge in [0.05, 0.1) is 30.7 Å². The lowest BCUT2D eigenvalue weighted by molar-refractivity contribution is -0.135. The smallest absolute Gasteiger partial charge is 0.313 e. The van der Waals surface area contributed by atoms with E-state index in [2.05, 4.69) is 0 Å². The summed E-state index contributed by atoms with van der Waals surface area (Å²) in [5.74, 6) is -0.461. The van der Waals surface area contributed by atoms with Gasteiger partial charge in [0.2, 0.25) is 0 Å². The summed E-state index contributed by atoms with van der Waals surface area (Å²) in [6.07, 6.45) is -0.187. The van der Waals surface area contributed by atoms with Gasteiger partial charge in [-0.2, -0.15) is 0 Å². The van der Waals surface area contributed by atoms with Crippen LogP contribution in [-0.4, -0.2) is 29.8 Å². The maximum atomic E-state index is 13.0. The molecule has 0 radical (unpaired) electrons. The molecule has 0 aliphatic carbocycles. The van der Waals surface area contributed by atoms with Crippen LogP contribution in [0.4, 0.5) is 0 Å². The van der Waals surface area contributed by atoms with Gasteiger partial charge < -0.3 is 9.47 Å². The van der Waals surface area contributed by atoms with Gasteiger partial charge in [0.1, 0.15) is 11.5 Å². The standard InChI is InChI=1S/C24H19NO5/c1-29-18-11-7-8-16(14-18)21(15-22(26)30-17-9-3-2-4-10-17)25-23(27)19-12-5-6-13-20(19)24(25)28/h2-14,21H,15H2,1H3. The number of ether oxygens (including phenoxy) is 2. The highest BCUT2D eigenvalue weighted by Crippen LogP contribution is 2.35. The zero-order chi connectivity index (χ0) is 21.1. The fraction of sp³-hybridized carbons (Fsp3) is 0.125. The third-order valence-corrected chi connectivity index (χ3v) is 4.95. The molecule has 1 aliphatic heterocycles. The number of imide groups is 1. The molecule has 150 valence electrons. The quantitative estimate of drug-likeness (QED) is 0.354. The molecule has 6 nitrogen and oxygen atoms in total. The Morgan fingerprint density at radius 3 is 2.07 bits per heavy atom. The lowest BCUT2D eigenvalue weighted by atomic mass is 10.0. The van der Waals surface area contributed by atoms with Crippen LogP contribution in [0.1, 0.15) is 38.7 Å². The Morgan fingerprint density at radius 1 is 0.833 bits per heavy atom. The topological polar surface area (TPSA) is 72.9 Å². The van der Waals surface area contributed by atoms with Crippen molar-refractivity contribution in [2.45, 2.75) is 12.5 Å². The SMILES string of the molecule is COc1cccc(C(CC(=O)Oc2ccccc2)N2C(=O)c3ccccc3C2=O)c1. The monoisotopic (exact) mass is 401 g/mol. The molecule has 0 aromatic heterocycles. The lowest BCUT2D eigenvalue weighted by Crippen LogP contribution is -2.36. The molecule has 30 heavy (non-hydrogen) atoms. The zero-order valence-corrected chi connectivity index (χ0v) is 16.3. The third-order valence-electron chi connectivity index (χ3n) is 4.95. The summed E-state index contributed by atoms with van der Waals surface area (Å²) in [6.45, 7) is 0. The maximum Gasteiger partial charge on any atom is 0.313 e. The number of hydrogen-bond donors (Lipinski definition) is 0. The Bertz CT molecular complexity index is 1070. The molecule has 0 bridgehead atoms. The van der Waals surface area contributed by atoms with Gasteiger partial charge in [-0.3, -0.25) is 19.3 Å². The molecule has 1 heterocycles. The predicted octanol–water partition coefficient (Wildman–Crippen LogP) is 4.03. The zero-order valence-electron chi connectivity index (χ0n) is 16.3. The van der Waals surface area contributed by atoms with Crippen LogP contribution in [0.3, 0.4) is 0 Å². The van der Waals surface area contributed by atoms with Gasteiger partial charge in [0, 0.05) is 0 Å². The summed E-state index contributed by atoms with van der Waals surface area (Å²) < 4.78 is 10.7. The summed E-state index contributed by atoms with van der Waals surface area (Å²) in [5.41, 5.74) is 1.26. The summed E-state index contributed by atoms with van der Waals surface area (Å²) in [5, 5.41) is 0. The Kier molecular flexibility index (Phi) is 5.30. The van der Waals surface area contributed by atoms with Crippen molar-refractivity contribution in [3.05, 3.63) is 95.6 Å². The average Bonchev–Trinajstić information content (AvgIpc) is 3.03. The first-order valence-electron chi connectivity index (χ1n) is 9.45. The molecule has 0 saturated carbocycles. The number of para-hydroxylation sites is 1. The highest BCUT2D eigenvalue weighted by atomic mass is 16.5. The number of esters is 1. The Labute approximate surface area is 173 Å². The third kappa shape index (κ3) is 3.67. The van der Waals surface area contributed by atoms with Crippen molar-refractivity contribution < 1.29 is 23.9 Å². The molecule has 4 rings (SSSR count). The molecule has 1 unspecified atom stereocenters. The van der Waals surface area contributed by atoms with Gasteiger partial charge in [0.25, 0.3) is 11.8 Å². The van der Waals surface area contributed by atoms with Gasteiger partial charge in [0.15, 0.2) is 0 Å². The van der Waals surface area contributed by atoms with E-state index in [1.165, 1.54) is 7.11 Å². The number of carbonyl (C=O) groups excluding carboxylic acids is 3. The Hall–Kier alpha value is -3.93. The molecule has 3 aromatic rings. The molecular formula is C24H19NO5. The minimum Gasteiger partial charge on any atom is -0.497 e. The van der Waals surface area contributed by atoms with E-state index in [9.17, 15) is 14.4 Å². The number of carbonyl (C=O) groups is 3. The van der Waals surface area contributed by atoms with Crippen LogP contribution in [0.25, 0.3) is 0 Å². The van der Waals surface area contributed by atoms with Crippen LogP contribution >= 0.6 is 0 Å². The Balaban J connectivity index is 1.68. The number of methoxy groups -OCH3 is 1. The molecule has 3 aromatic carbocycles. The first kappa shape index (κ1) is 19.4. The second-order valence-electron chi connectivity index (χ2n) is 6.81. The molecule has 1 aliphatic rings. The van der Waals surface area contributed by atoms with Crippen LogP contribution in [0.15, 0.2) is 78.9 Å². The van der Waals surface area contributed by atoms with Crippen LogP contribution < -0.4 is 9.47 Å². The van der Waals surface area contributed by atoms with E-state index in [0.717, 1.165) is 4.90 Å². The molecule has 6 heteroatoms. The highest BCUT2D eigenvalue weighted by molar-refractivity contribution is 6.21. The number of hydrogen-bond acceptors (Lipinski definition) is 5.